The third-order valence-electron chi connectivity index (χ3n) is 4.27. The molecule has 0 N–H and O–H groups in total. The van der Waals surface area contributed by atoms with Gasteiger partial charge in [0.15, 0.2) is 0 Å². The highest BCUT2D eigenvalue weighted by Crippen LogP contribution is 2.40. The lowest BCUT2D eigenvalue weighted by Crippen LogP contribution is -1.87. The molecule has 4 aromatic rings. The van der Waals surface area contributed by atoms with Crippen molar-refractivity contribution in [2.75, 3.05) is 0 Å². The van der Waals surface area contributed by atoms with Crippen LogP contribution in [0.4, 0.5) is 8.78 Å². The summed E-state index contributed by atoms with van der Waals surface area (Å²) in [5, 5.41) is 0. The van der Waals surface area contributed by atoms with E-state index in [4.69, 9.17) is 0 Å². The minimum Gasteiger partial charge on any atom is -0.207 e. The number of halogens is 2. The SMILES string of the molecule is Fc1cccc(-c2ccccc2Sc2ccccc2-c2cccc(F)c2)c1. The molecule has 0 unspecified atom stereocenters. The fourth-order valence-electron chi connectivity index (χ4n) is 3.02. The first kappa shape index (κ1) is 17.5. The molecular weight excluding hydrogens is 358 g/mol. The van der Waals surface area contributed by atoms with Gasteiger partial charge in [0.2, 0.25) is 0 Å². The quantitative estimate of drug-likeness (QED) is 0.357. The molecule has 0 aliphatic carbocycles. The van der Waals surface area contributed by atoms with Gasteiger partial charge in [0, 0.05) is 9.79 Å². The molecular formula is C24H16F2S. The van der Waals surface area contributed by atoms with Gasteiger partial charge in [-0.15, -0.1) is 0 Å². The van der Waals surface area contributed by atoms with Crippen LogP contribution < -0.4 is 0 Å². The van der Waals surface area contributed by atoms with E-state index < -0.39 is 0 Å². The average molecular weight is 374 g/mol. The summed E-state index contributed by atoms with van der Waals surface area (Å²) >= 11 is 1.60. The zero-order valence-electron chi connectivity index (χ0n) is 14.4. The molecule has 3 heteroatoms. The van der Waals surface area contributed by atoms with Gasteiger partial charge in [-0.1, -0.05) is 72.4 Å². The van der Waals surface area contributed by atoms with E-state index in [1.165, 1.54) is 24.3 Å². The van der Waals surface area contributed by atoms with Gasteiger partial charge in [0.1, 0.15) is 11.6 Å². The summed E-state index contributed by atoms with van der Waals surface area (Å²) in [4.78, 5) is 2.04. The average Bonchev–Trinajstić information content (AvgIpc) is 2.69. The van der Waals surface area contributed by atoms with E-state index in [2.05, 4.69) is 0 Å². The smallest absolute Gasteiger partial charge is 0.123 e. The Morgan fingerprint density at radius 3 is 1.37 bits per heavy atom. The molecule has 0 saturated carbocycles. The van der Waals surface area contributed by atoms with Gasteiger partial charge in [0.05, 0.1) is 0 Å². The Balaban J connectivity index is 1.77. The molecule has 27 heavy (non-hydrogen) atoms. The maximum Gasteiger partial charge on any atom is 0.123 e. The molecule has 0 nitrogen and oxygen atoms in total. The molecule has 0 heterocycles. The van der Waals surface area contributed by atoms with E-state index in [0.717, 1.165) is 32.0 Å². The second kappa shape index (κ2) is 7.77. The van der Waals surface area contributed by atoms with Crippen LogP contribution in [0.25, 0.3) is 22.3 Å². The molecule has 0 aliphatic heterocycles. The maximum atomic E-state index is 13.7. The van der Waals surface area contributed by atoms with Crippen LogP contribution in [0, 0.1) is 11.6 Å². The summed E-state index contributed by atoms with van der Waals surface area (Å²) in [5.74, 6) is -0.514. The van der Waals surface area contributed by atoms with Gasteiger partial charge in [-0.2, -0.15) is 0 Å². The van der Waals surface area contributed by atoms with Gasteiger partial charge in [-0.3, -0.25) is 0 Å². The van der Waals surface area contributed by atoms with E-state index in [9.17, 15) is 8.78 Å². The van der Waals surface area contributed by atoms with Crippen LogP contribution in [-0.4, -0.2) is 0 Å². The van der Waals surface area contributed by atoms with Crippen LogP contribution in [0.1, 0.15) is 0 Å². The standard InChI is InChI=1S/C24H16F2S/c25-19-9-5-7-17(15-19)21-11-1-3-13-23(21)27-24-14-4-2-12-22(24)18-8-6-10-20(26)16-18/h1-16H. The molecule has 0 fully saturated rings. The summed E-state index contributed by atoms with van der Waals surface area (Å²) < 4.78 is 27.4. The highest BCUT2D eigenvalue weighted by Gasteiger charge is 2.11. The van der Waals surface area contributed by atoms with Crippen LogP contribution in [0.3, 0.4) is 0 Å². The Morgan fingerprint density at radius 2 is 0.926 bits per heavy atom. The maximum absolute atomic E-state index is 13.7. The fraction of sp³-hybridized carbons (Fsp3) is 0. The van der Waals surface area contributed by atoms with Crippen molar-refractivity contribution in [2.24, 2.45) is 0 Å². The third-order valence-corrected chi connectivity index (χ3v) is 5.42. The van der Waals surface area contributed by atoms with E-state index >= 15 is 0 Å². The van der Waals surface area contributed by atoms with Crippen LogP contribution in [0.5, 0.6) is 0 Å². The van der Waals surface area contributed by atoms with Crippen LogP contribution in [0.2, 0.25) is 0 Å². The molecule has 0 atom stereocenters. The fourth-order valence-corrected chi connectivity index (χ4v) is 4.14. The number of hydrogen-bond acceptors (Lipinski definition) is 1. The summed E-state index contributed by atoms with van der Waals surface area (Å²) in [6.07, 6.45) is 0. The van der Waals surface area contributed by atoms with Crippen molar-refractivity contribution in [1.82, 2.24) is 0 Å². The van der Waals surface area contributed by atoms with Crippen LogP contribution in [0.15, 0.2) is 107 Å². The van der Waals surface area contributed by atoms with Gasteiger partial charge in [-0.25, -0.2) is 8.78 Å². The van der Waals surface area contributed by atoms with Crippen molar-refractivity contribution in [3.05, 3.63) is 109 Å². The molecule has 4 rings (SSSR count). The van der Waals surface area contributed by atoms with E-state index in [1.807, 2.05) is 60.7 Å². The first-order valence-electron chi connectivity index (χ1n) is 8.58. The molecule has 4 aromatic carbocycles. The lowest BCUT2D eigenvalue weighted by molar-refractivity contribution is 0.628. The minimum atomic E-state index is -0.257. The van der Waals surface area contributed by atoms with Gasteiger partial charge < -0.3 is 0 Å². The molecule has 0 bridgehead atoms. The zero-order chi connectivity index (χ0) is 18.6. The lowest BCUT2D eigenvalue weighted by atomic mass is 10.1. The molecule has 0 spiro atoms. The van der Waals surface area contributed by atoms with E-state index in [0.29, 0.717) is 0 Å². The Bertz CT molecular complexity index is 1000. The van der Waals surface area contributed by atoms with Crippen molar-refractivity contribution >= 4 is 11.8 Å². The second-order valence-electron chi connectivity index (χ2n) is 6.12. The molecule has 0 radical (unpaired) electrons. The van der Waals surface area contributed by atoms with Crippen molar-refractivity contribution < 1.29 is 8.78 Å². The predicted molar refractivity (Wildman–Crippen MR) is 108 cm³/mol. The highest BCUT2D eigenvalue weighted by atomic mass is 32.2. The Labute approximate surface area is 161 Å². The van der Waals surface area contributed by atoms with Crippen molar-refractivity contribution in [3.63, 3.8) is 0 Å². The van der Waals surface area contributed by atoms with E-state index in [1.54, 1.807) is 23.9 Å². The molecule has 132 valence electrons. The zero-order valence-corrected chi connectivity index (χ0v) is 15.2. The number of hydrogen-bond donors (Lipinski definition) is 0. The van der Waals surface area contributed by atoms with Crippen molar-refractivity contribution in [3.8, 4) is 22.3 Å². The largest absolute Gasteiger partial charge is 0.207 e. The van der Waals surface area contributed by atoms with E-state index in [-0.39, 0.29) is 11.6 Å². The molecule has 0 amide bonds. The Hall–Kier alpha value is -2.91. The summed E-state index contributed by atoms with van der Waals surface area (Å²) in [7, 11) is 0. The highest BCUT2D eigenvalue weighted by molar-refractivity contribution is 7.99. The third kappa shape index (κ3) is 3.93. The molecule has 0 aliphatic rings. The topological polar surface area (TPSA) is 0 Å². The monoisotopic (exact) mass is 374 g/mol. The Morgan fingerprint density at radius 1 is 0.481 bits per heavy atom. The molecule has 0 aromatic heterocycles. The predicted octanol–water partition coefficient (Wildman–Crippen LogP) is 7.45. The van der Waals surface area contributed by atoms with Gasteiger partial charge in [-0.05, 0) is 58.7 Å². The van der Waals surface area contributed by atoms with Crippen molar-refractivity contribution in [2.45, 2.75) is 9.79 Å². The first-order valence-corrected chi connectivity index (χ1v) is 9.40. The summed E-state index contributed by atoms with van der Waals surface area (Å²) in [5.41, 5.74) is 3.61. The minimum absolute atomic E-state index is 0.257. The van der Waals surface area contributed by atoms with Crippen LogP contribution >= 0.6 is 11.8 Å². The molecule has 0 saturated heterocycles. The van der Waals surface area contributed by atoms with Gasteiger partial charge >= 0.3 is 0 Å². The lowest BCUT2D eigenvalue weighted by Gasteiger charge is -2.13. The number of rotatable bonds is 4. The van der Waals surface area contributed by atoms with Crippen LogP contribution in [-0.2, 0) is 0 Å². The summed E-state index contributed by atoms with van der Waals surface area (Å²) in [6.45, 7) is 0. The van der Waals surface area contributed by atoms with Crippen molar-refractivity contribution in [1.29, 1.82) is 0 Å². The Kier molecular flexibility index (Phi) is 5.03. The normalized spacial score (nSPS) is 10.7. The first-order chi connectivity index (χ1) is 13.2. The van der Waals surface area contributed by atoms with Gasteiger partial charge in [0.25, 0.3) is 0 Å². The second-order valence-corrected chi connectivity index (χ2v) is 7.20. The number of benzene rings is 4. The summed E-state index contributed by atoms with van der Waals surface area (Å²) in [6, 6.07) is 29.1.